The molecule has 1 heterocycles. The molecule has 1 aromatic heterocycles. The van der Waals surface area contributed by atoms with E-state index in [0.717, 1.165) is 16.9 Å². The summed E-state index contributed by atoms with van der Waals surface area (Å²) in [7, 11) is 4.59. The maximum atomic E-state index is 12.6. The molecule has 6 nitrogen and oxygen atoms in total. The number of carbonyl (C=O) groups is 2. The molecule has 30 heavy (non-hydrogen) atoms. The minimum absolute atomic E-state index is 0.0258. The van der Waals surface area contributed by atoms with Gasteiger partial charge in [-0.05, 0) is 35.9 Å². The molecule has 0 atom stereocenters. The molecule has 0 spiro atoms. The number of hydrogen-bond acceptors (Lipinski definition) is 7. The van der Waals surface area contributed by atoms with Crippen LogP contribution in [-0.4, -0.2) is 32.9 Å². The van der Waals surface area contributed by atoms with Gasteiger partial charge in [0.2, 0.25) is 4.74 Å². The Morgan fingerprint density at radius 3 is 2.27 bits per heavy atom. The number of carbonyl (C=O) groups excluding carboxylic acids is 2. The molecule has 0 amide bonds. The number of fused-ring (bicyclic) bond motifs is 1. The van der Waals surface area contributed by atoms with Crippen LogP contribution >= 0.6 is 11.3 Å². The van der Waals surface area contributed by atoms with Crippen molar-refractivity contribution in [1.29, 1.82) is 0 Å². The maximum absolute atomic E-state index is 12.6. The van der Waals surface area contributed by atoms with Gasteiger partial charge in [-0.1, -0.05) is 29.5 Å². The third kappa shape index (κ3) is 4.75. The molecule has 154 valence electrons. The highest BCUT2D eigenvalue weighted by Gasteiger charge is 2.17. The first-order valence-electron chi connectivity index (χ1n) is 9.03. The van der Waals surface area contributed by atoms with Crippen LogP contribution in [0.2, 0.25) is 0 Å². The number of Topliss-reactive ketones (excluding diaryl/α,β-unsaturated/α-hetero) is 1. The van der Waals surface area contributed by atoms with Crippen LogP contribution in [0.25, 0.3) is 16.2 Å². The van der Waals surface area contributed by atoms with Crippen LogP contribution in [-0.2, 0) is 4.79 Å². The lowest BCUT2D eigenvalue weighted by molar-refractivity contribution is -0.113. The Morgan fingerprint density at radius 1 is 0.933 bits per heavy atom. The van der Waals surface area contributed by atoms with Gasteiger partial charge in [0.1, 0.15) is 17.2 Å². The van der Waals surface area contributed by atoms with E-state index in [1.165, 1.54) is 26.4 Å². The van der Waals surface area contributed by atoms with E-state index in [1.807, 2.05) is 0 Å². The van der Waals surface area contributed by atoms with Crippen molar-refractivity contribution in [1.82, 2.24) is 0 Å². The molecule has 0 radical (unpaired) electrons. The normalized spacial score (nSPS) is 10.9. The van der Waals surface area contributed by atoms with E-state index in [2.05, 4.69) is 0 Å². The second-order valence-corrected chi connectivity index (χ2v) is 7.38. The van der Waals surface area contributed by atoms with Gasteiger partial charge in [-0.2, -0.15) is 0 Å². The zero-order valence-electron chi connectivity index (χ0n) is 16.8. The molecule has 0 bridgehead atoms. The average Bonchev–Trinajstić information content (AvgIpc) is 2.76. The monoisotopic (exact) mass is 424 g/mol. The molecule has 2 aromatic carbocycles. The first kappa shape index (κ1) is 21.3. The molecule has 0 aliphatic heterocycles. The van der Waals surface area contributed by atoms with E-state index in [-0.39, 0.29) is 11.3 Å². The highest BCUT2D eigenvalue weighted by Crippen LogP contribution is 2.32. The molecular weight excluding hydrogens is 404 g/mol. The second kappa shape index (κ2) is 9.37. The van der Waals surface area contributed by atoms with Crippen LogP contribution < -0.4 is 19.0 Å². The summed E-state index contributed by atoms with van der Waals surface area (Å²) in [6.07, 6.45) is 2.56. The fourth-order valence-electron chi connectivity index (χ4n) is 2.86. The van der Waals surface area contributed by atoms with Crippen LogP contribution in [0.3, 0.4) is 0 Å². The predicted octanol–water partition coefficient (Wildman–Crippen LogP) is 4.14. The van der Waals surface area contributed by atoms with Crippen molar-refractivity contribution in [2.45, 2.75) is 6.42 Å². The highest BCUT2D eigenvalue weighted by molar-refractivity contribution is 7.16. The summed E-state index contributed by atoms with van der Waals surface area (Å²) in [5.74, 6) is 0.831. The van der Waals surface area contributed by atoms with Crippen molar-refractivity contribution >= 4 is 39.1 Å². The Balaban J connectivity index is 1.81. The van der Waals surface area contributed by atoms with E-state index in [0.29, 0.717) is 27.3 Å². The van der Waals surface area contributed by atoms with Gasteiger partial charge in [0.15, 0.2) is 11.6 Å². The topological polar surface area (TPSA) is 78.9 Å². The Hall–Kier alpha value is -3.45. The number of rotatable bonds is 8. The Bertz CT molecular complexity index is 1170. The van der Waals surface area contributed by atoms with Gasteiger partial charge >= 0.3 is 0 Å². The summed E-state index contributed by atoms with van der Waals surface area (Å²) < 4.78 is 15.9. The molecule has 0 aliphatic rings. The Labute approximate surface area is 177 Å². The zero-order chi connectivity index (χ0) is 21.7. The van der Waals surface area contributed by atoms with E-state index in [9.17, 15) is 14.4 Å². The van der Waals surface area contributed by atoms with Crippen LogP contribution in [0.5, 0.6) is 17.2 Å². The summed E-state index contributed by atoms with van der Waals surface area (Å²) in [6, 6.07) is 12.0. The van der Waals surface area contributed by atoms with Crippen LogP contribution in [0.4, 0.5) is 0 Å². The van der Waals surface area contributed by atoms with E-state index in [4.69, 9.17) is 14.2 Å². The molecule has 7 heteroatoms. The molecule has 0 saturated heterocycles. The van der Waals surface area contributed by atoms with Crippen molar-refractivity contribution in [3.63, 3.8) is 0 Å². The molecule has 0 aliphatic carbocycles. The predicted molar refractivity (Wildman–Crippen MR) is 117 cm³/mol. The summed E-state index contributed by atoms with van der Waals surface area (Å²) in [5, 5.41) is 0.618. The lowest BCUT2D eigenvalue weighted by Gasteiger charge is -2.09. The Kier molecular flexibility index (Phi) is 6.64. The van der Waals surface area contributed by atoms with Crippen LogP contribution in [0, 0.1) is 0 Å². The molecule has 3 aromatic rings. The number of methoxy groups -OCH3 is 3. The zero-order valence-corrected chi connectivity index (χ0v) is 17.6. The van der Waals surface area contributed by atoms with Gasteiger partial charge in [-0.25, -0.2) is 0 Å². The lowest BCUT2D eigenvalue weighted by atomic mass is 10.1. The number of ketones is 2. The van der Waals surface area contributed by atoms with Crippen molar-refractivity contribution in [3.05, 3.63) is 69.2 Å². The number of ether oxygens (including phenoxy) is 3. The van der Waals surface area contributed by atoms with Crippen molar-refractivity contribution in [2.75, 3.05) is 21.3 Å². The van der Waals surface area contributed by atoms with E-state index in [1.54, 1.807) is 49.6 Å². The van der Waals surface area contributed by atoms with Crippen LogP contribution in [0.1, 0.15) is 22.3 Å². The summed E-state index contributed by atoms with van der Waals surface area (Å²) in [5.41, 5.74) is 0.773. The largest absolute Gasteiger partial charge is 0.497 e. The first-order chi connectivity index (χ1) is 14.4. The number of benzene rings is 2. The molecule has 0 unspecified atom stereocenters. The van der Waals surface area contributed by atoms with E-state index < -0.39 is 16.9 Å². The summed E-state index contributed by atoms with van der Waals surface area (Å²) >= 11 is 0.919. The SMILES string of the molecule is COc1ccc(C=CC(=O)CC(=O)c2cc3c(OC)cc(OC)cc3sc2=O)cc1. The first-order valence-corrected chi connectivity index (χ1v) is 9.85. The van der Waals surface area contributed by atoms with Crippen molar-refractivity contribution < 1.29 is 23.8 Å². The third-order valence-electron chi connectivity index (χ3n) is 4.46. The fourth-order valence-corrected chi connectivity index (χ4v) is 3.79. The van der Waals surface area contributed by atoms with Gasteiger partial charge < -0.3 is 14.2 Å². The Morgan fingerprint density at radius 2 is 1.63 bits per heavy atom. The molecule has 0 N–H and O–H groups in total. The quantitative estimate of drug-likeness (QED) is 0.307. The lowest BCUT2D eigenvalue weighted by Crippen LogP contribution is -2.14. The smallest absolute Gasteiger partial charge is 0.243 e. The maximum Gasteiger partial charge on any atom is 0.243 e. The minimum Gasteiger partial charge on any atom is -0.497 e. The molecule has 0 fully saturated rings. The minimum atomic E-state index is -0.527. The second-order valence-electron chi connectivity index (χ2n) is 6.36. The number of hydrogen-bond donors (Lipinski definition) is 0. The van der Waals surface area contributed by atoms with Gasteiger partial charge in [0.05, 0.1) is 33.3 Å². The van der Waals surface area contributed by atoms with Crippen LogP contribution in [0.15, 0.2) is 53.3 Å². The standard InChI is InChI=1S/C23H20O6S/c1-27-16-8-5-14(6-9-16)4-7-15(24)10-20(25)18-13-19-21(29-3)11-17(28-2)12-22(19)30-23(18)26/h4-9,11-13H,10H2,1-3H3. The molecular formula is C23H20O6S. The van der Waals surface area contributed by atoms with Gasteiger partial charge in [-0.15, -0.1) is 0 Å². The number of allylic oxidation sites excluding steroid dienone is 1. The van der Waals surface area contributed by atoms with Gasteiger partial charge in [0.25, 0.3) is 0 Å². The van der Waals surface area contributed by atoms with E-state index >= 15 is 0 Å². The third-order valence-corrected chi connectivity index (χ3v) is 5.42. The molecule has 0 saturated carbocycles. The molecule has 3 rings (SSSR count). The van der Waals surface area contributed by atoms with Crippen molar-refractivity contribution in [3.8, 4) is 17.2 Å². The summed E-state index contributed by atoms with van der Waals surface area (Å²) in [4.78, 5) is 37.3. The highest BCUT2D eigenvalue weighted by atomic mass is 32.1. The van der Waals surface area contributed by atoms with Crippen molar-refractivity contribution in [2.24, 2.45) is 0 Å². The average molecular weight is 424 g/mol. The van der Waals surface area contributed by atoms with Gasteiger partial charge in [0, 0.05) is 16.2 Å². The fraction of sp³-hybridized carbons (Fsp3) is 0.174. The summed E-state index contributed by atoms with van der Waals surface area (Å²) in [6.45, 7) is 0. The van der Waals surface area contributed by atoms with Gasteiger partial charge in [-0.3, -0.25) is 14.4 Å².